The molecule has 0 spiro atoms. The summed E-state index contributed by atoms with van der Waals surface area (Å²) in [6.45, 7) is 6.96. The van der Waals surface area contributed by atoms with Crippen LogP contribution in [0, 0.1) is 17.3 Å². The largest absolute Gasteiger partial charge is 0.270 e. The van der Waals surface area contributed by atoms with Gasteiger partial charge in [-0.2, -0.15) is 8.42 Å². The first-order chi connectivity index (χ1) is 6.23. The van der Waals surface area contributed by atoms with E-state index in [4.69, 9.17) is 4.18 Å². The van der Waals surface area contributed by atoms with Crippen LogP contribution < -0.4 is 0 Å². The van der Waals surface area contributed by atoms with Gasteiger partial charge in [0.15, 0.2) is 0 Å². The number of hydrogen-bond acceptors (Lipinski definition) is 3. The fourth-order valence-corrected chi connectivity index (χ4v) is 2.51. The van der Waals surface area contributed by atoms with E-state index in [0.29, 0.717) is 18.4 Å². The van der Waals surface area contributed by atoms with E-state index in [2.05, 4.69) is 20.8 Å². The van der Waals surface area contributed by atoms with Gasteiger partial charge in [0.05, 0.1) is 12.9 Å². The van der Waals surface area contributed by atoms with Crippen molar-refractivity contribution in [3.8, 4) is 0 Å². The van der Waals surface area contributed by atoms with Crippen LogP contribution in [0.1, 0.15) is 33.6 Å². The molecular weight excluding hydrogens is 200 g/mol. The Kier molecular flexibility index (Phi) is 3.26. The molecule has 0 N–H and O–H groups in total. The van der Waals surface area contributed by atoms with E-state index in [1.165, 1.54) is 6.42 Å². The van der Waals surface area contributed by atoms with Crippen molar-refractivity contribution < 1.29 is 12.6 Å². The minimum absolute atomic E-state index is 0.199. The van der Waals surface area contributed by atoms with Crippen molar-refractivity contribution >= 4 is 10.1 Å². The van der Waals surface area contributed by atoms with Crippen molar-refractivity contribution in [1.29, 1.82) is 0 Å². The van der Waals surface area contributed by atoms with E-state index in [-0.39, 0.29) is 5.41 Å². The highest BCUT2D eigenvalue weighted by Gasteiger charge is 2.40. The zero-order chi connectivity index (χ0) is 11.0. The third-order valence-electron chi connectivity index (χ3n) is 3.75. The van der Waals surface area contributed by atoms with Crippen molar-refractivity contribution in [1.82, 2.24) is 0 Å². The van der Waals surface area contributed by atoms with Crippen molar-refractivity contribution in [3.63, 3.8) is 0 Å². The first-order valence-electron chi connectivity index (χ1n) is 5.08. The van der Waals surface area contributed by atoms with E-state index in [0.717, 1.165) is 12.7 Å². The predicted molar refractivity (Wildman–Crippen MR) is 56.5 cm³/mol. The Labute approximate surface area is 87.0 Å². The van der Waals surface area contributed by atoms with Gasteiger partial charge in [0, 0.05) is 0 Å². The second-order valence-corrected chi connectivity index (χ2v) is 6.63. The minimum atomic E-state index is -3.28. The predicted octanol–water partition coefficient (Wildman–Crippen LogP) is 2.03. The van der Waals surface area contributed by atoms with Crippen LogP contribution >= 0.6 is 0 Å². The van der Waals surface area contributed by atoms with Crippen LogP contribution in [0.5, 0.6) is 0 Å². The van der Waals surface area contributed by atoms with Crippen LogP contribution in [0.25, 0.3) is 0 Å². The van der Waals surface area contributed by atoms with Crippen LogP contribution in [-0.4, -0.2) is 21.3 Å². The first kappa shape index (κ1) is 12.0. The summed E-state index contributed by atoms with van der Waals surface area (Å²) in [5, 5.41) is 0. The van der Waals surface area contributed by atoms with E-state index in [1.807, 2.05) is 0 Å². The summed E-state index contributed by atoms with van der Waals surface area (Å²) in [5.41, 5.74) is 0.199. The summed E-state index contributed by atoms with van der Waals surface area (Å²) >= 11 is 0. The van der Waals surface area contributed by atoms with Crippen molar-refractivity contribution in [2.24, 2.45) is 17.3 Å². The van der Waals surface area contributed by atoms with Crippen molar-refractivity contribution in [2.45, 2.75) is 33.6 Å². The second kappa shape index (κ2) is 3.81. The molecule has 1 rings (SSSR count). The van der Waals surface area contributed by atoms with Gasteiger partial charge in [-0.3, -0.25) is 4.18 Å². The average molecular weight is 220 g/mol. The second-order valence-electron chi connectivity index (χ2n) is 4.99. The molecule has 0 radical (unpaired) electrons. The molecule has 0 amide bonds. The summed E-state index contributed by atoms with van der Waals surface area (Å²) in [6.07, 6.45) is 3.35. The summed E-state index contributed by atoms with van der Waals surface area (Å²) in [6, 6.07) is 0. The topological polar surface area (TPSA) is 43.4 Å². The van der Waals surface area contributed by atoms with Gasteiger partial charge in [0.25, 0.3) is 10.1 Å². The summed E-state index contributed by atoms with van der Waals surface area (Å²) in [5.74, 6) is 1.02. The Hall–Kier alpha value is -0.0900. The molecule has 0 aromatic heterocycles. The molecule has 0 heterocycles. The molecule has 0 aromatic carbocycles. The lowest BCUT2D eigenvalue weighted by Gasteiger charge is -2.30. The molecule has 0 aliphatic heterocycles. The molecule has 84 valence electrons. The van der Waals surface area contributed by atoms with Crippen LogP contribution in [0.3, 0.4) is 0 Å². The van der Waals surface area contributed by atoms with Gasteiger partial charge in [-0.05, 0) is 30.1 Å². The monoisotopic (exact) mass is 220 g/mol. The number of hydrogen-bond donors (Lipinski definition) is 0. The van der Waals surface area contributed by atoms with Gasteiger partial charge >= 0.3 is 0 Å². The molecule has 0 bridgehead atoms. The third-order valence-corrected chi connectivity index (χ3v) is 4.32. The SMILES string of the molecule is C[C@@H]1CC[C@@H](COS(C)(=O)=O)C1(C)C. The highest BCUT2D eigenvalue weighted by molar-refractivity contribution is 7.85. The van der Waals surface area contributed by atoms with E-state index in [1.54, 1.807) is 0 Å². The van der Waals surface area contributed by atoms with Crippen LogP contribution in [0.2, 0.25) is 0 Å². The van der Waals surface area contributed by atoms with E-state index >= 15 is 0 Å². The Balaban J connectivity index is 2.55. The molecule has 0 aromatic rings. The molecular formula is C10H20O3S. The zero-order valence-electron chi connectivity index (χ0n) is 9.41. The standard InChI is InChI=1S/C10H20O3S/c1-8-5-6-9(10(8,2)3)7-13-14(4,11)12/h8-9H,5-7H2,1-4H3/t8-,9+/m1/s1. The molecule has 1 aliphatic carbocycles. The van der Waals surface area contributed by atoms with Crippen LogP contribution in [-0.2, 0) is 14.3 Å². The first-order valence-corrected chi connectivity index (χ1v) is 6.89. The quantitative estimate of drug-likeness (QED) is 0.684. The molecule has 14 heavy (non-hydrogen) atoms. The van der Waals surface area contributed by atoms with Gasteiger partial charge in [0.1, 0.15) is 0 Å². The molecule has 1 fully saturated rings. The van der Waals surface area contributed by atoms with E-state index < -0.39 is 10.1 Å². The lowest BCUT2D eigenvalue weighted by molar-refractivity contribution is 0.136. The minimum Gasteiger partial charge on any atom is -0.270 e. The Morgan fingerprint density at radius 3 is 2.29 bits per heavy atom. The molecule has 1 aliphatic rings. The third kappa shape index (κ3) is 2.70. The maximum atomic E-state index is 10.9. The van der Waals surface area contributed by atoms with Crippen molar-refractivity contribution in [2.75, 3.05) is 12.9 Å². The van der Waals surface area contributed by atoms with Crippen LogP contribution in [0.15, 0.2) is 0 Å². The Bertz CT molecular complexity index is 292. The maximum Gasteiger partial charge on any atom is 0.264 e. The fraction of sp³-hybridized carbons (Fsp3) is 1.00. The molecule has 3 nitrogen and oxygen atoms in total. The fourth-order valence-electron chi connectivity index (χ4n) is 2.10. The summed E-state index contributed by atoms with van der Waals surface area (Å²) in [4.78, 5) is 0. The molecule has 0 saturated heterocycles. The number of rotatable bonds is 3. The molecule has 1 saturated carbocycles. The molecule has 2 atom stereocenters. The van der Waals surface area contributed by atoms with Gasteiger partial charge in [0.2, 0.25) is 0 Å². The van der Waals surface area contributed by atoms with E-state index in [9.17, 15) is 8.42 Å². The maximum absolute atomic E-state index is 10.9. The Morgan fingerprint density at radius 2 is 1.93 bits per heavy atom. The normalized spacial score (nSPS) is 32.0. The average Bonchev–Trinajstić information content (AvgIpc) is 2.23. The summed E-state index contributed by atoms with van der Waals surface area (Å²) < 4.78 is 26.6. The van der Waals surface area contributed by atoms with Gasteiger partial charge in [-0.1, -0.05) is 20.8 Å². The lowest BCUT2D eigenvalue weighted by Crippen LogP contribution is -2.27. The molecule has 4 heteroatoms. The van der Waals surface area contributed by atoms with Gasteiger partial charge < -0.3 is 0 Å². The molecule has 0 unspecified atom stereocenters. The highest BCUT2D eigenvalue weighted by Crippen LogP contribution is 2.47. The van der Waals surface area contributed by atoms with Crippen molar-refractivity contribution in [3.05, 3.63) is 0 Å². The highest BCUT2D eigenvalue weighted by atomic mass is 32.2. The lowest BCUT2D eigenvalue weighted by atomic mass is 9.77. The smallest absolute Gasteiger partial charge is 0.264 e. The summed E-state index contributed by atoms with van der Waals surface area (Å²) in [7, 11) is -3.28. The van der Waals surface area contributed by atoms with Gasteiger partial charge in [-0.25, -0.2) is 0 Å². The van der Waals surface area contributed by atoms with Gasteiger partial charge in [-0.15, -0.1) is 0 Å². The zero-order valence-corrected chi connectivity index (χ0v) is 10.2. The Morgan fingerprint density at radius 1 is 1.36 bits per heavy atom. The van der Waals surface area contributed by atoms with Crippen LogP contribution in [0.4, 0.5) is 0 Å².